The molecule has 0 unspecified atom stereocenters. The van der Waals surface area contributed by atoms with Crippen molar-refractivity contribution in [2.24, 2.45) is 4.99 Å². The van der Waals surface area contributed by atoms with Gasteiger partial charge in [-0.15, -0.1) is 6.42 Å². The summed E-state index contributed by atoms with van der Waals surface area (Å²) in [5.41, 5.74) is 1.03. The van der Waals surface area contributed by atoms with Crippen molar-refractivity contribution < 1.29 is 13.2 Å². The van der Waals surface area contributed by atoms with E-state index in [0.29, 0.717) is 15.4 Å². The highest BCUT2D eigenvalue weighted by molar-refractivity contribution is 7.89. The van der Waals surface area contributed by atoms with Crippen molar-refractivity contribution in [1.29, 1.82) is 0 Å². The SMILES string of the molecule is C#CCn1c(=NC(=O)c2ccc(S(=O)(=O)N(C)C3CCCCC3)cc2)sc2cccc(Cl)c21. The largest absolute Gasteiger partial charge is 0.303 e. The van der Waals surface area contributed by atoms with Crippen molar-refractivity contribution in [1.82, 2.24) is 8.87 Å². The molecule has 3 aromatic rings. The third kappa shape index (κ3) is 4.78. The number of aromatic nitrogens is 1. The van der Waals surface area contributed by atoms with Gasteiger partial charge in [-0.2, -0.15) is 9.30 Å². The van der Waals surface area contributed by atoms with E-state index >= 15 is 0 Å². The number of amides is 1. The summed E-state index contributed by atoms with van der Waals surface area (Å²) in [6.07, 6.45) is 10.5. The Kier molecular flexibility index (Phi) is 7.05. The molecule has 1 saturated carbocycles. The Morgan fingerprint density at radius 1 is 1.21 bits per heavy atom. The molecule has 1 aromatic heterocycles. The van der Waals surface area contributed by atoms with E-state index in [1.54, 1.807) is 17.7 Å². The average molecular weight is 502 g/mol. The highest BCUT2D eigenvalue weighted by atomic mass is 35.5. The molecule has 2 aromatic carbocycles. The van der Waals surface area contributed by atoms with Gasteiger partial charge in [0.15, 0.2) is 4.80 Å². The molecule has 0 N–H and O–H groups in total. The maximum absolute atomic E-state index is 13.0. The number of rotatable bonds is 5. The molecule has 1 aliphatic rings. The summed E-state index contributed by atoms with van der Waals surface area (Å²) >= 11 is 7.66. The van der Waals surface area contributed by atoms with Crippen LogP contribution in [0.1, 0.15) is 42.5 Å². The van der Waals surface area contributed by atoms with Crippen molar-refractivity contribution in [3.05, 3.63) is 57.9 Å². The van der Waals surface area contributed by atoms with Crippen LogP contribution in [0, 0.1) is 12.3 Å². The number of hydrogen-bond acceptors (Lipinski definition) is 4. The maximum Gasteiger partial charge on any atom is 0.279 e. The third-order valence-electron chi connectivity index (χ3n) is 5.97. The van der Waals surface area contributed by atoms with Gasteiger partial charge in [-0.1, -0.05) is 54.2 Å². The summed E-state index contributed by atoms with van der Waals surface area (Å²) < 4.78 is 30.1. The van der Waals surface area contributed by atoms with Gasteiger partial charge in [0, 0.05) is 18.7 Å². The summed E-state index contributed by atoms with van der Waals surface area (Å²) in [6.45, 7) is 0.223. The van der Waals surface area contributed by atoms with Crippen LogP contribution in [0.5, 0.6) is 0 Å². The molecule has 1 heterocycles. The number of fused-ring (bicyclic) bond motifs is 1. The number of terminal acetylenes is 1. The predicted molar refractivity (Wildman–Crippen MR) is 132 cm³/mol. The number of nitrogens with zero attached hydrogens (tertiary/aromatic N) is 3. The average Bonchev–Trinajstić information content (AvgIpc) is 3.17. The van der Waals surface area contributed by atoms with Crippen molar-refractivity contribution in [3.8, 4) is 12.3 Å². The Labute approximate surface area is 202 Å². The van der Waals surface area contributed by atoms with Crippen LogP contribution < -0.4 is 4.80 Å². The van der Waals surface area contributed by atoms with Crippen LogP contribution >= 0.6 is 22.9 Å². The van der Waals surface area contributed by atoms with E-state index in [0.717, 1.165) is 42.3 Å². The highest BCUT2D eigenvalue weighted by Gasteiger charge is 2.29. The minimum atomic E-state index is -3.62. The number of carbonyl (C=O) groups is 1. The first-order chi connectivity index (χ1) is 15.8. The van der Waals surface area contributed by atoms with Crippen LogP contribution in [0.3, 0.4) is 0 Å². The first-order valence-electron chi connectivity index (χ1n) is 10.7. The van der Waals surface area contributed by atoms with Crippen molar-refractivity contribution in [2.75, 3.05) is 7.05 Å². The summed E-state index contributed by atoms with van der Waals surface area (Å²) in [5.74, 6) is 2.09. The molecule has 0 bridgehead atoms. The quantitative estimate of drug-likeness (QED) is 0.476. The summed E-state index contributed by atoms with van der Waals surface area (Å²) in [6, 6.07) is 11.4. The lowest BCUT2D eigenvalue weighted by Gasteiger charge is -2.30. The van der Waals surface area contributed by atoms with Crippen LogP contribution in [0.15, 0.2) is 52.4 Å². The number of sulfonamides is 1. The molecular formula is C24H24ClN3O3S2. The summed E-state index contributed by atoms with van der Waals surface area (Å²) in [7, 11) is -1.99. The second-order valence-corrected chi connectivity index (χ2v) is 11.4. The van der Waals surface area contributed by atoms with E-state index in [1.807, 2.05) is 12.1 Å². The van der Waals surface area contributed by atoms with Gasteiger partial charge in [0.1, 0.15) is 0 Å². The van der Waals surface area contributed by atoms with Crippen molar-refractivity contribution in [2.45, 2.75) is 49.6 Å². The zero-order valence-electron chi connectivity index (χ0n) is 18.2. The second kappa shape index (κ2) is 9.82. The normalized spacial score (nSPS) is 15.8. The Balaban J connectivity index is 1.63. The fraction of sp³-hybridized carbons (Fsp3) is 0.333. The molecule has 1 aliphatic carbocycles. The van der Waals surface area contributed by atoms with Crippen LogP contribution in [0.2, 0.25) is 5.02 Å². The van der Waals surface area contributed by atoms with Gasteiger partial charge < -0.3 is 4.57 Å². The lowest BCUT2D eigenvalue weighted by Crippen LogP contribution is -2.38. The van der Waals surface area contributed by atoms with E-state index in [4.69, 9.17) is 18.0 Å². The summed E-state index contributed by atoms with van der Waals surface area (Å²) in [4.78, 5) is 17.7. The van der Waals surface area contributed by atoms with E-state index in [1.165, 1.54) is 39.9 Å². The fourth-order valence-electron chi connectivity index (χ4n) is 4.14. The molecule has 172 valence electrons. The van der Waals surface area contributed by atoms with Gasteiger partial charge in [-0.25, -0.2) is 8.42 Å². The molecule has 9 heteroatoms. The number of benzene rings is 2. The van der Waals surface area contributed by atoms with Gasteiger partial charge in [-0.05, 0) is 49.2 Å². The molecule has 1 fully saturated rings. The highest BCUT2D eigenvalue weighted by Crippen LogP contribution is 2.27. The monoisotopic (exact) mass is 501 g/mol. The smallest absolute Gasteiger partial charge is 0.279 e. The standard InChI is InChI=1S/C24H24ClN3O3S2/c1-3-16-28-22-20(25)10-7-11-21(22)32-24(28)26-23(29)17-12-14-19(15-13-17)33(30,31)27(2)18-8-5-4-6-9-18/h1,7,10-15,18H,4-6,8-9,16H2,2H3. The zero-order chi connectivity index (χ0) is 23.6. The molecule has 33 heavy (non-hydrogen) atoms. The molecular weight excluding hydrogens is 478 g/mol. The van der Waals surface area contributed by atoms with Crippen LogP contribution in [-0.4, -0.2) is 36.3 Å². The molecule has 1 amide bonds. The first-order valence-corrected chi connectivity index (χ1v) is 13.3. The Hall–Kier alpha value is -2.44. The number of carbonyl (C=O) groups excluding carboxylic acids is 1. The minimum absolute atomic E-state index is 0.0199. The molecule has 0 atom stereocenters. The van der Waals surface area contributed by atoms with Crippen molar-refractivity contribution in [3.63, 3.8) is 0 Å². The molecule has 0 saturated heterocycles. The number of halogens is 1. The molecule has 6 nitrogen and oxygen atoms in total. The van der Waals surface area contributed by atoms with E-state index in [-0.39, 0.29) is 17.5 Å². The second-order valence-electron chi connectivity index (χ2n) is 8.02. The van der Waals surface area contributed by atoms with E-state index < -0.39 is 15.9 Å². The summed E-state index contributed by atoms with van der Waals surface area (Å²) in [5, 5.41) is 0.532. The topological polar surface area (TPSA) is 71.7 Å². The van der Waals surface area contributed by atoms with Crippen molar-refractivity contribution >= 4 is 49.1 Å². The van der Waals surface area contributed by atoms with Gasteiger partial charge in [0.25, 0.3) is 5.91 Å². The number of hydrogen-bond donors (Lipinski definition) is 0. The lowest BCUT2D eigenvalue weighted by molar-refractivity contribution is 0.0998. The van der Waals surface area contributed by atoms with Gasteiger partial charge in [0.05, 0.1) is 26.7 Å². The number of para-hydroxylation sites is 1. The Morgan fingerprint density at radius 2 is 1.91 bits per heavy atom. The number of thiazole rings is 1. The minimum Gasteiger partial charge on any atom is -0.303 e. The molecule has 0 aliphatic heterocycles. The molecule has 4 rings (SSSR count). The van der Waals surface area contributed by atoms with Gasteiger partial charge >= 0.3 is 0 Å². The Morgan fingerprint density at radius 3 is 2.58 bits per heavy atom. The molecule has 0 spiro atoms. The first kappa shape index (κ1) is 23.7. The zero-order valence-corrected chi connectivity index (χ0v) is 20.6. The third-order valence-corrected chi connectivity index (χ3v) is 9.24. The van der Waals surface area contributed by atoms with E-state index in [9.17, 15) is 13.2 Å². The maximum atomic E-state index is 13.0. The van der Waals surface area contributed by atoms with Crippen LogP contribution in [0.25, 0.3) is 10.2 Å². The molecule has 0 radical (unpaired) electrons. The van der Waals surface area contributed by atoms with E-state index in [2.05, 4.69) is 10.9 Å². The fourth-order valence-corrected chi connectivity index (χ4v) is 6.94. The Bertz CT molecular complexity index is 1390. The predicted octanol–water partition coefficient (Wildman–Crippen LogP) is 4.68. The van der Waals surface area contributed by atoms with Gasteiger partial charge in [0.2, 0.25) is 10.0 Å². The lowest BCUT2D eigenvalue weighted by atomic mass is 9.96. The van der Waals surface area contributed by atoms with Crippen LogP contribution in [-0.2, 0) is 16.6 Å². The van der Waals surface area contributed by atoms with Gasteiger partial charge in [-0.3, -0.25) is 4.79 Å². The van der Waals surface area contributed by atoms with Crippen LogP contribution in [0.4, 0.5) is 0 Å².